The highest BCUT2D eigenvalue weighted by atomic mass is 16.6. The number of nitrogens with zero attached hydrogens (tertiary/aromatic N) is 3. The molecule has 0 bridgehead atoms. The van der Waals surface area contributed by atoms with Gasteiger partial charge in [0, 0.05) is 17.7 Å². The molecule has 0 saturated heterocycles. The van der Waals surface area contributed by atoms with Crippen LogP contribution in [-0.4, -0.2) is 27.4 Å². The van der Waals surface area contributed by atoms with Crippen LogP contribution in [0.5, 0.6) is 5.75 Å². The summed E-state index contributed by atoms with van der Waals surface area (Å²) in [5, 5.41) is 15.2. The highest BCUT2D eigenvalue weighted by Gasteiger charge is 2.11. The molecule has 0 radical (unpaired) electrons. The van der Waals surface area contributed by atoms with E-state index >= 15 is 0 Å². The maximum Gasteiger partial charge on any atom is 0.349 e. The normalized spacial score (nSPS) is 11.0. The lowest BCUT2D eigenvalue weighted by Crippen LogP contribution is -2.32. The second-order valence-electron chi connectivity index (χ2n) is 5.42. The van der Waals surface area contributed by atoms with E-state index in [1.807, 2.05) is 0 Å². The fourth-order valence-corrected chi connectivity index (χ4v) is 2.41. The first-order valence-electron chi connectivity index (χ1n) is 7.82. The highest BCUT2D eigenvalue weighted by Crippen LogP contribution is 2.23. The van der Waals surface area contributed by atoms with Crippen LogP contribution >= 0.6 is 0 Å². The smallest absolute Gasteiger partial charge is 0.349 e. The van der Waals surface area contributed by atoms with E-state index < -0.39 is 16.2 Å². The number of nitrogens with one attached hydrogen (secondary N) is 1. The van der Waals surface area contributed by atoms with Crippen LogP contribution in [0.2, 0.25) is 0 Å². The van der Waals surface area contributed by atoms with Gasteiger partial charge < -0.3 is 9.72 Å². The summed E-state index contributed by atoms with van der Waals surface area (Å²) in [4.78, 5) is 37.6. The first-order chi connectivity index (χ1) is 13.0. The zero-order valence-corrected chi connectivity index (χ0v) is 14.0. The van der Waals surface area contributed by atoms with Gasteiger partial charge in [0.2, 0.25) is 0 Å². The van der Waals surface area contributed by atoms with Crippen LogP contribution in [0.1, 0.15) is 5.56 Å². The minimum Gasteiger partial charge on any atom is -0.489 e. The summed E-state index contributed by atoms with van der Waals surface area (Å²) in [5.41, 5.74) is -0.879. The summed E-state index contributed by atoms with van der Waals surface area (Å²) in [5.74, 6) is 0.300. The molecule has 0 saturated carbocycles. The van der Waals surface area contributed by atoms with Gasteiger partial charge in [-0.25, -0.2) is 4.79 Å². The maximum absolute atomic E-state index is 12.5. The Morgan fingerprint density at radius 1 is 1.26 bits per heavy atom. The monoisotopic (exact) mass is 366 g/mol. The minimum atomic E-state index is -0.728. The number of H-pyrrole nitrogens is 1. The Hall–Kier alpha value is -4.01. The van der Waals surface area contributed by atoms with Crippen molar-refractivity contribution in [3.8, 4) is 5.75 Å². The van der Waals surface area contributed by atoms with E-state index in [1.165, 1.54) is 24.3 Å². The molecule has 0 aliphatic carbocycles. The molecule has 1 heterocycles. The van der Waals surface area contributed by atoms with Crippen LogP contribution in [-0.2, 0) is 0 Å². The highest BCUT2D eigenvalue weighted by molar-refractivity contribution is 5.85. The van der Waals surface area contributed by atoms with Crippen molar-refractivity contribution in [3.63, 3.8) is 0 Å². The number of hydrogen-bond donors (Lipinski definition) is 1. The topological polar surface area (TPSA) is 120 Å². The summed E-state index contributed by atoms with van der Waals surface area (Å²) >= 11 is 0. The number of hydrogen-bond acceptors (Lipinski definition) is 6. The lowest BCUT2D eigenvalue weighted by molar-refractivity contribution is -0.384. The molecule has 27 heavy (non-hydrogen) atoms. The molecule has 0 spiro atoms. The Bertz CT molecular complexity index is 1180. The van der Waals surface area contributed by atoms with Gasteiger partial charge in [0.25, 0.3) is 11.2 Å². The Morgan fingerprint density at radius 3 is 2.78 bits per heavy atom. The van der Waals surface area contributed by atoms with E-state index in [0.717, 1.165) is 6.21 Å². The van der Waals surface area contributed by atoms with Gasteiger partial charge in [0.15, 0.2) is 0 Å². The zero-order chi connectivity index (χ0) is 19.4. The second kappa shape index (κ2) is 7.48. The number of rotatable bonds is 6. The maximum atomic E-state index is 12.5. The predicted molar refractivity (Wildman–Crippen MR) is 101 cm³/mol. The third kappa shape index (κ3) is 3.66. The van der Waals surface area contributed by atoms with Crippen LogP contribution < -0.4 is 16.0 Å². The molecule has 0 aliphatic heterocycles. The molecule has 9 heteroatoms. The van der Waals surface area contributed by atoms with Gasteiger partial charge in [0.05, 0.1) is 22.0 Å². The quantitative estimate of drug-likeness (QED) is 0.310. The van der Waals surface area contributed by atoms with Gasteiger partial charge in [-0.1, -0.05) is 24.8 Å². The van der Waals surface area contributed by atoms with Crippen molar-refractivity contribution in [1.29, 1.82) is 0 Å². The van der Waals surface area contributed by atoms with Crippen LogP contribution in [0.3, 0.4) is 0 Å². The van der Waals surface area contributed by atoms with Crippen molar-refractivity contribution in [2.45, 2.75) is 0 Å². The third-order valence-corrected chi connectivity index (χ3v) is 3.66. The van der Waals surface area contributed by atoms with Crippen molar-refractivity contribution in [2.75, 3.05) is 6.61 Å². The average molecular weight is 366 g/mol. The molecule has 0 atom stereocenters. The second-order valence-corrected chi connectivity index (χ2v) is 5.42. The van der Waals surface area contributed by atoms with Gasteiger partial charge in [-0.2, -0.15) is 5.10 Å². The summed E-state index contributed by atoms with van der Waals surface area (Å²) in [7, 11) is 0. The van der Waals surface area contributed by atoms with Crippen molar-refractivity contribution >= 4 is 22.8 Å². The summed E-state index contributed by atoms with van der Waals surface area (Å²) in [6, 6.07) is 10.5. The summed E-state index contributed by atoms with van der Waals surface area (Å²) in [6.07, 6.45) is 2.68. The summed E-state index contributed by atoms with van der Waals surface area (Å²) in [6.45, 7) is 3.71. The van der Waals surface area contributed by atoms with E-state index in [9.17, 15) is 19.7 Å². The Labute approximate surface area is 152 Å². The molecule has 136 valence electrons. The molecule has 2 aromatic carbocycles. The van der Waals surface area contributed by atoms with Crippen LogP contribution in [0, 0.1) is 10.1 Å². The van der Waals surface area contributed by atoms with Gasteiger partial charge in [-0.3, -0.25) is 14.9 Å². The number of nitro benzene ring substituents is 1. The van der Waals surface area contributed by atoms with Gasteiger partial charge in [-0.15, -0.1) is 4.68 Å². The number of para-hydroxylation sites is 1. The Balaban J connectivity index is 2.10. The minimum absolute atomic E-state index is 0.176. The third-order valence-electron chi connectivity index (χ3n) is 3.66. The molecule has 0 unspecified atom stereocenters. The molecule has 0 aliphatic rings. The summed E-state index contributed by atoms with van der Waals surface area (Å²) < 4.78 is 6.09. The predicted octanol–water partition coefficient (Wildman–Crippen LogP) is 2.04. The lowest BCUT2D eigenvalue weighted by Gasteiger charge is -2.07. The van der Waals surface area contributed by atoms with Crippen molar-refractivity contribution in [2.24, 2.45) is 5.10 Å². The Morgan fingerprint density at radius 2 is 2.04 bits per heavy atom. The van der Waals surface area contributed by atoms with Crippen LogP contribution in [0.4, 0.5) is 5.69 Å². The molecule has 3 aromatic rings. The van der Waals surface area contributed by atoms with Gasteiger partial charge in [0.1, 0.15) is 12.4 Å². The molecular formula is C18H14N4O5. The SMILES string of the molecule is C=CCOc1ccc([N+](=O)[O-])cc1C=Nn1c(=O)[nH]c2ccccc2c1=O. The first kappa shape index (κ1) is 17.8. The molecular weight excluding hydrogens is 352 g/mol. The zero-order valence-electron chi connectivity index (χ0n) is 14.0. The van der Waals surface area contributed by atoms with Gasteiger partial charge in [-0.05, 0) is 18.2 Å². The molecule has 1 aromatic heterocycles. The van der Waals surface area contributed by atoms with E-state index in [1.54, 1.807) is 24.3 Å². The largest absolute Gasteiger partial charge is 0.489 e. The van der Waals surface area contributed by atoms with Crippen molar-refractivity contribution in [3.05, 3.63) is 91.6 Å². The standard InChI is InChI=1S/C18H14N4O5/c1-2-9-27-16-8-7-13(22(25)26)10-12(16)11-19-21-17(23)14-5-3-4-6-15(14)20-18(21)24/h2-8,10-11H,1,9H2,(H,20,24). The van der Waals surface area contributed by atoms with Crippen molar-refractivity contribution < 1.29 is 9.66 Å². The van der Waals surface area contributed by atoms with Crippen molar-refractivity contribution in [1.82, 2.24) is 9.66 Å². The van der Waals surface area contributed by atoms with Gasteiger partial charge >= 0.3 is 5.69 Å². The molecule has 1 N–H and O–H groups in total. The molecule has 0 fully saturated rings. The number of ether oxygens (including phenoxy) is 1. The van der Waals surface area contributed by atoms with Crippen LogP contribution in [0.25, 0.3) is 10.9 Å². The number of benzene rings is 2. The average Bonchev–Trinajstić information content (AvgIpc) is 2.66. The molecule has 0 amide bonds. The number of aromatic amines is 1. The lowest BCUT2D eigenvalue weighted by atomic mass is 10.2. The fourth-order valence-electron chi connectivity index (χ4n) is 2.41. The Kier molecular flexibility index (Phi) is 4.93. The molecule has 3 rings (SSSR count). The molecule has 9 nitrogen and oxygen atoms in total. The number of fused-ring (bicyclic) bond motifs is 1. The van der Waals surface area contributed by atoms with Crippen LogP contribution in [0.15, 0.2) is 69.8 Å². The van der Waals surface area contributed by atoms with E-state index in [4.69, 9.17) is 4.74 Å². The first-order valence-corrected chi connectivity index (χ1v) is 7.82. The van der Waals surface area contributed by atoms with E-state index in [-0.39, 0.29) is 23.2 Å². The fraction of sp³-hybridized carbons (Fsp3) is 0.0556. The van der Waals surface area contributed by atoms with E-state index in [0.29, 0.717) is 15.9 Å². The number of nitro groups is 1. The number of non-ortho nitro benzene ring substituents is 1. The number of aromatic nitrogens is 2. The van der Waals surface area contributed by atoms with E-state index in [2.05, 4.69) is 16.7 Å².